The van der Waals surface area contributed by atoms with Crippen molar-refractivity contribution < 1.29 is 4.74 Å². The molecular weight excluding hydrogens is 214 g/mol. The first kappa shape index (κ1) is 12.5. The van der Waals surface area contributed by atoms with Gasteiger partial charge in [-0.15, -0.1) is 0 Å². The number of hydrogen-bond donors (Lipinski definition) is 1. The van der Waals surface area contributed by atoms with Crippen LogP contribution in [-0.2, 0) is 17.8 Å². The molecule has 1 N–H and O–H groups in total. The average molecular weight is 235 g/mol. The van der Waals surface area contributed by atoms with Crippen molar-refractivity contribution in [1.82, 2.24) is 15.3 Å². The lowest BCUT2D eigenvalue weighted by Crippen LogP contribution is -2.16. The Balaban J connectivity index is 2.34. The average Bonchev–Trinajstić information content (AvgIpc) is 2.73. The maximum atomic E-state index is 5.76. The molecule has 94 valence electrons. The maximum Gasteiger partial charge on any atom is 0.157 e. The largest absolute Gasteiger partial charge is 0.370 e. The molecule has 0 fully saturated rings. The first-order valence-corrected chi connectivity index (χ1v) is 6.32. The van der Waals surface area contributed by atoms with E-state index in [0.717, 1.165) is 30.3 Å². The second-order valence-corrected chi connectivity index (χ2v) is 4.82. The number of nitrogens with one attached hydrogen (secondary N) is 1. The number of ether oxygens (including phenoxy) is 1. The van der Waals surface area contributed by atoms with Crippen LogP contribution >= 0.6 is 0 Å². The van der Waals surface area contributed by atoms with Crippen molar-refractivity contribution in [3.05, 3.63) is 22.8 Å². The highest BCUT2D eigenvalue weighted by molar-refractivity contribution is 5.28. The van der Waals surface area contributed by atoms with E-state index in [-0.39, 0.29) is 6.10 Å². The molecule has 0 saturated heterocycles. The second kappa shape index (κ2) is 5.10. The number of nitrogens with zero attached hydrogens (tertiary/aromatic N) is 2. The molecule has 1 aromatic rings. The molecule has 0 radical (unpaired) electrons. The van der Waals surface area contributed by atoms with Crippen LogP contribution in [0.3, 0.4) is 0 Å². The Hall–Kier alpha value is -1.00. The van der Waals surface area contributed by atoms with Crippen LogP contribution in [-0.4, -0.2) is 16.6 Å². The maximum absolute atomic E-state index is 5.76. The molecule has 17 heavy (non-hydrogen) atoms. The minimum absolute atomic E-state index is 0.00426. The number of aromatic nitrogens is 2. The summed E-state index contributed by atoms with van der Waals surface area (Å²) in [6.07, 6.45) is 0.00426. The number of hydrogen-bond acceptors (Lipinski definition) is 4. The molecular formula is C13H21N3O. The fraction of sp³-hybridized carbons (Fsp3) is 0.692. The smallest absolute Gasteiger partial charge is 0.157 e. The van der Waals surface area contributed by atoms with Crippen molar-refractivity contribution in [2.45, 2.75) is 46.9 Å². The Morgan fingerprint density at radius 3 is 2.71 bits per heavy atom. The molecule has 4 heteroatoms. The molecule has 1 aromatic heterocycles. The van der Waals surface area contributed by atoms with Crippen LogP contribution in [0.15, 0.2) is 0 Å². The van der Waals surface area contributed by atoms with E-state index in [0.29, 0.717) is 12.5 Å². The Labute approximate surface area is 103 Å². The fourth-order valence-corrected chi connectivity index (χ4v) is 2.23. The first-order valence-electron chi connectivity index (χ1n) is 6.32. The molecule has 0 amide bonds. The van der Waals surface area contributed by atoms with Gasteiger partial charge in [0.25, 0.3) is 0 Å². The van der Waals surface area contributed by atoms with Crippen LogP contribution in [0, 0.1) is 12.8 Å². The van der Waals surface area contributed by atoms with Gasteiger partial charge >= 0.3 is 0 Å². The summed E-state index contributed by atoms with van der Waals surface area (Å²) in [6, 6.07) is 0. The Morgan fingerprint density at radius 1 is 1.29 bits per heavy atom. The molecule has 0 spiro atoms. The van der Waals surface area contributed by atoms with Gasteiger partial charge in [0.1, 0.15) is 6.10 Å². The molecule has 0 bridgehead atoms. The zero-order valence-electron chi connectivity index (χ0n) is 11.1. The summed E-state index contributed by atoms with van der Waals surface area (Å²) in [5.41, 5.74) is 3.48. The third-order valence-electron chi connectivity index (χ3n) is 3.12. The van der Waals surface area contributed by atoms with E-state index in [4.69, 9.17) is 4.74 Å². The lowest BCUT2D eigenvalue weighted by Gasteiger charge is -2.20. The molecule has 1 aliphatic rings. The van der Waals surface area contributed by atoms with Crippen molar-refractivity contribution in [1.29, 1.82) is 0 Å². The Kier molecular flexibility index (Phi) is 3.74. The monoisotopic (exact) mass is 235 g/mol. The van der Waals surface area contributed by atoms with Crippen LogP contribution in [0.4, 0.5) is 0 Å². The van der Waals surface area contributed by atoms with Crippen LogP contribution in [0.2, 0.25) is 0 Å². The zero-order chi connectivity index (χ0) is 12.4. The zero-order valence-corrected chi connectivity index (χ0v) is 11.1. The summed E-state index contributed by atoms with van der Waals surface area (Å²) in [6.45, 7) is 10.8. The third-order valence-corrected chi connectivity index (χ3v) is 3.12. The van der Waals surface area contributed by atoms with E-state index >= 15 is 0 Å². The van der Waals surface area contributed by atoms with E-state index in [2.05, 4.69) is 36.1 Å². The fourth-order valence-electron chi connectivity index (χ4n) is 2.23. The molecule has 1 atom stereocenters. The summed E-state index contributed by atoms with van der Waals surface area (Å²) in [4.78, 5) is 9.26. The van der Waals surface area contributed by atoms with Gasteiger partial charge in [-0.25, -0.2) is 9.97 Å². The van der Waals surface area contributed by atoms with Crippen molar-refractivity contribution in [2.24, 2.45) is 5.92 Å². The summed E-state index contributed by atoms with van der Waals surface area (Å²) < 4.78 is 5.76. The van der Waals surface area contributed by atoms with Gasteiger partial charge in [0.05, 0.1) is 5.69 Å². The number of rotatable bonds is 4. The quantitative estimate of drug-likeness (QED) is 0.868. The molecule has 2 rings (SSSR count). The van der Waals surface area contributed by atoms with Gasteiger partial charge in [-0.2, -0.15) is 0 Å². The molecule has 0 saturated carbocycles. The SMILES string of the molecule is CCOC(c1nc(C)c2c(n1)CNC2)C(C)C. The topological polar surface area (TPSA) is 47.0 Å². The van der Waals surface area contributed by atoms with E-state index in [1.54, 1.807) is 0 Å². The van der Waals surface area contributed by atoms with Crippen molar-refractivity contribution in [3.63, 3.8) is 0 Å². The van der Waals surface area contributed by atoms with Gasteiger partial charge in [-0.1, -0.05) is 13.8 Å². The predicted molar refractivity (Wildman–Crippen MR) is 66.5 cm³/mol. The number of aryl methyl sites for hydroxylation is 1. The predicted octanol–water partition coefficient (Wildman–Crippen LogP) is 2.12. The van der Waals surface area contributed by atoms with Gasteiger partial charge in [0.2, 0.25) is 0 Å². The Morgan fingerprint density at radius 2 is 2.06 bits per heavy atom. The van der Waals surface area contributed by atoms with E-state index in [1.807, 2.05) is 6.92 Å². The molecule has 2 heterocycles. The van der Waals surface area contributed by atoms with Crippen LogP contribution < -0.4 is 5.32 Å². The van der Waals surface area contributed by atoms with Gasteiger partial charge < -0.3 is 10.1 Å². The summed E-state index contributed by atoms with van der Waals surface area (Å²) in [5, 5.41) is 3.31. The minimum atomic E-state index is 0.00426. The van der Waals surface area contributed by atoms with Gasteiger partial charge in [0, 0.05) is 31.0 Å². The van der Waals surface area contributed by atoms with E-state index < -0.39 is 0 Å². The summed E-state index contributed by atoms with van der Waals surface area (Å²) in [5.74, 6) is 1.23. The molecule has 4 nitrogen and oxygen atoms in total. The minimum Gasteiger partial charge on any atom is -0.370 e. The standard InChI is InChI=1S/C13H21N3O/c1-5-17-12(8(2)3)13-15-9(4)10-6-14-7-11(10)16-13/h8,12,14H,5-7H2,1-4H3. The highest BCUT2D eigenvalue weighted by atomic mass is 16.5. The summed E-state index contributed by atoms with van der Waals surface area (Å²) in [7, 11) is 0. The third kappa shape index (κ3) is 2.48. The number of fused-ring (bicyclic) bond motifs is 1. The lowest BCUT2D eigenvalue weighted by atomic mass is 10.1. The highest BCUT2D eigenvalue weighted by Crippen LogP contribution is 2.25. The first-order chi connectivity index (χ1) is 8.13. The van der Waals surface area contributed by atoms with E-state index in [9.17, 15) is 0 Å². The molecule has 0 aromatic carbocycles. The highest BCUT2D eigenvalue weighted by Gasteiger charge is 2.23. The molecule has 0 aliphatic carbocycles. The van der Waals surface area contributed by atoms with Crippen LogP contribution in [0.25, 0.3) is 0 Å². The molecule has 1 aliphatic heterocycles. The van der Waals surface area contributed by atoms with E-state index in [1.165, 1.54) is 5.56 Å². The second-order valence-electron chi connectivity index (χ2n) is 4.82. The molecule has 1 unspecified atom stereocenters. The Bertz CT molecular complexity index is 404. The van der Waals surface area contributed by atoms with Crippen LogP contribution in [0.5, 0.6) is 0 Å². The van der Waals surface area contributed by atoms with Gasteiger partial charge in [0.15, 0.2) is 5.82 Å². The summed E-state index contributed by atoms with van der Waals surface area (Å²) >= 11 is 0. The van der Waals surface area contributed by atoms with Gasteiger partial charge in [-0.05, 0) is 19.8 Å². The van der Waals surface area contributed by atoms with Crippen LogP contribution in [0.1, 0.15) is 49.7 Å². The van der Waals surface area contributed by atoms with Crippen molar-refractivity contribution in [3.8, 4) is 0 Å². The van der Waals surface area contributed by atoms with Gasteiger partial charge in [-0.3, -0.25) is 0 Å². The van der Waals surface area contributed by atoms with Crippen molar-refractivity contribution >= 4 is 0 Å². The lowest BCUT2D eigenvalue weighted by molar-refractivity contribution is 0.0229. The normalized spacial score (nSPS) is 16.3. The van der Waals surface area contributed by atoms with Crippen molar-refractivity contribution in [2.75, 3.05) is 6.61 Å².